The van der Waals surface area contributed by atoms with Crippen LogP contribution in [0.5, 0.6) is 0 Å². The third-order valence-electron chi connectivity index (χ3n) is 4.24. The summed E-state index contributed by atoms with van der Waals surface area (Å²) < 4.78 is 28.2. The molecule has 0 aliphatic rings. The average molecular weight is 382 g/mol. The Balaban J connectivity index is 2.41. The fourth-order valence-corrected chi connectivity index (χ4v) is 4.38. The van der Waals surface area contributed by atoms with E-state index in [2.05, 4.69) is 5.73 Å². The number of hydrogen-bond donors (Lipinski definition) is 0. The molecule has 0 radical (unpaired) electrons. The van der Waals surface area contributed by atoms with Crippen LogP contribution >= 0.6 is 0 Å². The standard InChI is InChI=1S/C23H27NO2S/c1-5-6-18-23(3,4)24(19-10-13-21-11-8-7-9-12-21)27(25,26)22-16-14-20(2)15-17-22/h5,7-18H,19H2,1-4H3/b13-10+. The molecule has 2 aromatic rings. The van der Waals surface area contributed by atoms with Crippen molar-refractivity contribution in [1.82, 2.24) is 4.31 Å². The van der Waals surface area contributed by atoms with Gasteiger partial charge in [-0.2, -0.15) is 4.31 Å². The van der Waals surface area contributed by atoms with E-state index in [1.807, 2.05) is 82.3 Å². The predicted octanol–water partition coefficient (Wildman–Crippen LogP) is 5.21. The molecular weight excluding hydrogens is 354 g/mol. The monoisotopic (exact) mass is 381 g/mol. The maximum absolute atomic E-state index is 13.3. The minimum Gasteiger partial charge on any atom is -0.207 e. The number of aryl methyl sites for hydroxylation is 1. The van der Waals surface area contributed by atoms with Crippen molar-refractivity contribution in [3.05, 3.63) is 89.7 Å². The number of rotatable bonds is 7. The second kappa shape index (κ2) is 9.01. The molecule has 0 fully saturated rings. The van der Waals surface area contributed by atoms with Crippen LogP contribution < -0.4 is 0 Å². The van der Waals surface area contributed by atoms with E-state index < -0.39 is 15.6 Å². The average Bonchev–Trinajstić information content (AvgIpc) is 2.64. The summed E-state index contributed by atoms with van der Waals surface area (Å²) in [6.07, 6.45) is 7.38. The fourth-order valence-electron chi connectivity index (χ4n) is 2.69. The van der Waals surface area contributed by atoms with Crippen LogP contribution in [0.25, 0.3) is 6.08 Å². The highest BCUT2D eigenvalue weighted by Gasteiger charge is 2.34. The van der Waals surface area contributed by atoms with Gasteiger partial charge >= 0.3 is 0 Å². The van der Waals surface area contributed by atoms with E-state index >= 15 is 0 Å². The highest BCUT2D eigenvalue weighted by molar-refractivity contribution is 7.89. The van der Waals surface area contributed by atoms with E-state index in [1.54, 1.807) is 24.3 Å². The van der Waals surface area contributed by atoms with Crippen molar-refractivity contribution in [3.63, 3.8) is 0 Å². The van der Waals surface area contributed by atoms with Crippen LogP contribution in [-0.2, 0) is 10.0 Å². The van der Waals surface area contributed by atoms with Crippen LogP contribution in [0.4, 0.5) is 0 Å². The van der Waals surface area contributed by atoms with Crippen molar-refractivity contribution in [2.75, 3.05) is 6.54 Å². The van der Waals surface area contributed by atoms with Crippen molar-refractivity contribution in [2.24, 2.45) is 0 Å². The molecule has 0 aromatic heterocycles. The molecule has 0 N–H and O–H groups in total. The summed E-state index contributed by atoms with van der Waals surface area (Å²) in [7, 11) is -3.66. The molecule has 0 unspecified atom stereocenters. The lowest BCUT2D eigenvalue weighted by atomic mass is 10.1. The molecule has 4 heteroatoms. The Morgan fingerprint density at radius 1 is 1.04 bits per heavy atom. The summed E-state index contributed by atoms with van der Waals surface area (Å²) in [5, 5.41) is 0. The van der Waals surface area contributed by atoms with Gasteiger partial charge in [-0.15, -0.1) is 5.73 Å². The molecule has 27 heavy (non-hydrogen) atoms. The Labute approximate surface area is 163 Å². The third kappa shape index (κ3) is 5.54. The summed E-state index contributed by atoms with van der Waals surface area (Å²) in [6, 6.07) is 16.8. The van der Waals surface area contributed by atoms with Gasteiger partial charge in [-0.05, 0) is 57.5 Å². The second-order valence-corrected chi connectivity index (χ2v) is 8.78. The first kappa shape index (κ1) is 20.9. The van der Waals surface area contributed by atoms with Gasteiger partial charge in [0.05, 0.1) is 10.4 Å². The van der Waals surface area contributed by atoms with E-state index in [4.69, 9.17) is 0 Å². The molecule has 0 aliphatic carbocycles. The minimum atomic E-state index is -3.66. The maximum Gasteiger partial charge on any atom is 0.244 e. The highest BCUT2D eigenvalue weighted by atomic mass is 32.2. The van der Waals surface area contributed by atoms with E-state index in [0.717, 1.165) is 11.1 Å². The molecule has 0 amide bonds. The zero-order valence-corrected chi connectivity index (χ0v) is 17.2. The summed E-state index contributed by atoms with van der Waals surface area (Å²) in [4.78, 5) is 0.295. The van der Waals surface area contributed by atoms with Gasteiger partial charge in [-0.3, -0.25) is 0 Å². The van der Waals surface area contributed by atoms with Crippen molar-refractivity contribution >= 4 is 16.1 Å². The van der Waals surface area contributed by atoms with Crippen molar-refractivity contribution in [1.29, 1.82) is 0 Å². The zero-order chi connectivity index (χ0) is 19.9. The predicted molar refractivity (Wildman–Crippen MR) is 113 cm³/mol. The molecule has 0 bridgehead atoms. The van der Waals surface area contributed by atoms with E-state index in [9.17, 15) is 8.42 Å². The lowest BCUT2D eigenvalue weighted by Gasteiger charge is -2.34. The van der Waals surface area contributed by atoms with Gasteiger partial charge in [0.15, 0.2) is 0 Å². The van der Waals surface area contributed by atoms with Gasteiger partial charge in [-0.25, -0.2) is 8.42 Å². The van der Waals surface area contributed by atoms with Gasteiger partial charge in [0.25, 0.3) is 0 Å². The largest absolute Gasteiger partial charge is 0.244 e. The molecule has 0 aliphatic heterocycles. The first-order valence-electron chi connectivity index (χ1n) is 8.97. The molecule has 0 spiro atoms. The lowest BCUT2D eigenvalue weighted by molar-refractivity contribution is 0.304. The lowest BCUT2D eigenvalue weighted by Crippen LogP contribution is -2.46. The Hall–Kier alpha value is -2.39. The summed E-state index contributed by atoms with van der Waals surface area (Å²) in [5.74, 6) is 0. The Morgan fingerprint density at radius 2 is 1.67 bits per heavy atom. The fraction of sp³-hybridized carbons (Fsp3) is 0.261. The Kier molecular flexibility index (Phi) is 6.98. The molecule has 0 heterocycles. The van der Waals surface area contributed by atoms with E-state index in [1.165, 1.54) is 4.31 Å². The molecular formula is C23H27NO2S. The number of hydrogen-bond acceptors (Lipinski definition) is 2. The number of benzene rings is 2. The molecule has 142 valence electrons. The second-order valence-electron chi connectivity index (χ2n) is 6.92. The van der Waals surface area contributed by atoms with Gasteiger partial charge < -0.3 is 0 Å². The zero-order valence-electron chi connectivity index (χ0n) is 16.4. The molecule has 0 saturated heterocycles. The van der Waals surface area contributed by atoms with Crippen molar-refractivity contribution in [2.45, 2.75) is 38.1 Å². The van der Waals surface area contributed by atoms with Crippen LogP contribution in [0.15, 0.2) is 83.5 Å². The summed E-state index contributed by atoms with van der Waals surface area (Å²) in [5.41, 5.74) is 4.36. The first-order valence-corrected chi connectivity index (χ1v) is 10.4. The summed E-state index contributed by atoms with van der Waals surface area (Å²) >= 11 is 0. The third-order valence-corrected chi connectivity index (χ3v) is 6.30. The Bertz CT molecular complexity index is 934. The normalized spacial score (nSPS) is 12.2. The van der Waals surface area contributed by atoms with Crippen LogP contribution in [0.2, 0.25) is 0 Å². The molecule has 0 atom stereocenters. The van der Waals surface area contributed by atoms with Crippen LogP contribution in [0, 0.1) is 6.92 Å². The van der Waals surface area contributed by atoms with Crippen molar-refractivity contribution in [3.8, 4) is 0 Å². The number of sulfonamides is 1. The first-order chi connectivity index (χ1) is 12.8. The molecule has 0 saturated carbocycles. The quantitative estimate of drug-likeness (QED) is 0.618. The van der Waals surface area contributed by atoms with Crippen LogP contribution in [0.1, 0.15) is 31.9 Å². The van der Waals surface area contributed by atoms with E-state index in [0.29, 0.717) is 4.90 Å². The maximum atomic E-state index is 13.3. The number of nitrogens with zero attached hydrogens (tertiary/aromatic N) is 1. The van der Waals surface area contributed by atoms with Gasteiger partial charge in [0.1, 0.15) is 0 Å². The molecule has 2 aromatic carbocycles. The highest BCUT2D eigenvalue weighted by Crippen LogP contribution is 2.26. The molecule has 3 nitrogen and oxygen atoms in total. The van der Waals surface area contributed by atoms with E-state index in [-0.39, 0.29) is 6.54 Å². The Morgan fingerprint density at radius 3 is 2.26 bits per heavy atom. The van der Waals surface area contributed by atoms with Gasteiger partial charge in [-0.1, -0.05) is 60.2 Å². The van der Waals surface area contributed by atoms with Gasteiger partial charge in [0.2, 0.25) is 10.0 Å². The smallest absolute Gasteiger partial charge is 0.207 e. The minimum absolute atomic E-state index is 0.264. The topological polar surface area (TPSA) is 37.4 Å². The van der Waals surface area contributed by atoms with Crippen LogP contribution in [0.3, 0.4) is 0 Å². The van der Waals surface area contributed by atoms with Crippen molar-refractivity contribution < 1.29 is 8.42 Å². The summed E-state index contributed by atoms with van der Waals surface area (Å²) in [6.45, 7) is 7.83. The molecule has 2 rings (SSSR count). The SMILES string of the molecule is CC=C=CC(C)(C)N(C/C=C/c1ccccc1)S(=O)(=O)c1ccc(C)cc1. The van der Waals surface area contributed by atoms with Crippen LogP contribution in [-0.4, -0.2) is 24.8 Å². The van der Waals surface area contributed by atoms with Gasteiger partial charge in [0, 0.05) is 6.54 Å².